The zero-order valence-corrected chi connectivity index (χ0v) is 15.8. The van der Waals surface area contributed by atoms with Gasteiger partial charge in [-0.2, -0.15) is 0 Å². The van der Waals surface area contributed by atoms with Gasteiger partial charge < -0.3 is 4.57 Å². The van der Waals surface area contributed by atoms with E-state index in [0.717, 1.165) is 19.4 Å². The zero-order chi connectivity index (χ0) is 17.6. The van der Waals surface area contributed by atoms with E-state index in [1.54, 1.807) is 11.3 Å². The van der Waals surface area contributed by atoms with Crippen molar-refractivity contribution in [1.82, 2.24) is 9.47 Å². The Bertz CT molecular complexity index is 906. The van der Waals surface area contributed by atoms with Gasteiger partial charge in [0.2, 0.25) is 0 Å². The lowest BCUT2D eigenvalue weighted by Gasteiger charge is -2.37. The third-order valence-corrected chi connectivity index (χ3v) is 6.20. The summed E-state index contributed by atoms with van der Waals surface area (Å²) in [7, 11) is 2.26. The largest absolute Gasteiger partial charge is 0.344 e. The summed E-state index contributed by atoms with van der Waals surface area (Å²) in [6.07, 6.45) is 2.23. The van der Waals surface area contributed by atoms with Crippen LogP contribution in [-0.4, -0.2) is 22.6 Å². The first-order valence-electron chi connectivity index (χ1n) is 9.44. The first kappa shape index (κ1) is 16.4. The third kappa shape index (κ3) is 2.69. The molecule has 3 aromatic rings. The van der Waals surface area contributed by atoms with Gasteiger partial charge >= 0.3 is 0 Å². The van der Waals surface area contributed by atoms with E-state index < -0.39 is 0 Å². The average molecular weight is 332 g/mol. The molecule has 25 heavy (non-hydrogen) atoms. The Labute approximate surface area is 151 Å². The Morgan fingerprint density at radius 3 is 2.52 bits per heavy atom. The van der Waals surface area contributed by atoms with Crippen molar-refractivity contribution >= 4 is 10.9 Å². The maximum absolute atomic E-state index is 2.59. The molecule has 0 bridgehead atoms. The number of para-hydroxylation sites is 1. The molecule has 0 saturated heterocycles. The van der Waals surface area contributed by atoms with Gasteiger partial charge in [-0.25, -0.2) is 0 Å². The molecule has 0 fully saturated rings. The lowest BCUT2D eigenvalue weighted by molar-refractivity contribution is 0.177. The predicted octanol–water partition coefficient (Wildman–Crippen LogP) is 5.13. The van der Waals surface area contributed by atoms with E-state index in [1.807, 2.05) is 0 Å². The van der Waals surface area contributed by atoms with Gasteiger partial charge in [0.15, 0.2) is 0 Å². The fourth-order valence-electron chi connectivity index (χ4n) is 4.46. The molecule has 2 heteroatoms. The lowest BCUT2D eigenvalue weighted by Crippen LogP contribution is -2.38. The number of nitrogens with zero attached hydrogens (tertiary/aromatic N) is 2. The molecule has 2 unspecified atom stereocenters. The maximum Gasteiger partial charge on any atom is 0.0486 e. The van der Waals surface area contributed by atoms with Gasteiger partial charge in [0.1, 0.15) is 0 Å². The molecule has 2 nitrogen and oxygen atoms in total. The SMILES string of the molecule is Cc1ccccc1CCn1c2c(c3ccccc31)C(C)N(C)C(C)C2. The molecule has 0 spiro atoms. The first-order chi connectivity index (χ1) is 12.1. The molecule has 1 aliphatic rings. The van der Waals surface area contributed by atoms with Crippen LogP contribution >= 0.6 is 0 Å². The van der Waals surface area contributed by atoms with Crippen molar-refractivity contribution in [3.05, 3.63) is 70.9 Å². The molecule has 4 rings (SSSR count). The van der Waals surface area contributed by atoms with Crippen LogP contribution < -0.4 is 0 Å². The number of likely N-dealkylation sites (N-methyl/N-ethyl adjacent to an activating group) is 1. The first-order valence-corrected chi connectivity index (χ1v) is 9.44. The molecule has 0 radical (unpaired) electrons. The molecule has 130 valence electrons. The van der Waals surface area contributed by atoms with Gasteiger partial charge in [-0.1, -0.05) is 42.5 Å². The summed E-state index contributed by atoms with van der Waals surface area (Å²) >= 11 is 0. The van der Waals surface area contributed by atoms with E-state index in [-0.39, 0.29) is 0 Å². The quantitative estimate of drug-likeness (QED) is 0.645. The Morgan fingerprint density at radius 1 is 1.00 bits per heavy atom. The summed E-state index contributed by atoms with van der Waals surface area (Å²) in [4.78, 5) is 2.51. The number of hydrogen-bond donors (Lipinski definition) is 0. The lowest BCUT2D eigenvalue weighted by atomic mass is 9.93. The minimum atomic E-state index is 0.475. The van der Waals surface area contributed by atoms with E-state index in [2.05, 4.69) is 85.8 Å². The Hall–Kier alpha value is -2.06. The minimum absolute atomic E-state index is 0.475. The smallest absolute Gasteiger partial charge is 0.0486 e. The fourth-order valence-corrected chi connectivity index (χ4v) is 4.46. The monoisotopic (exact) mass is 332 g/mol. The number of hydrogen-bond acceptors (Lipinski definition) is 1. The van der Waals surface area contributed by atoms with Crippen molar-refractivity contribution in [3.63, 3.8) is 0 Å². The fraction of sp³-hybridized carbons (Fsp3) is 0.391. The Balaban J connectivity index is 1.79. The van der Waals surface area contributed by atoms with Gasteiger partial charge in [0.25, 0.3) is 0 Å². The normalized spacial score (nSPS) is 20.8. The van der Waals surface area contributed by atoms with Gasteiger partial charge in [-0.05, 0) is 57.0 Å². The molecule has 2 heterocycles. The molecule has 0 N–H and O–H groups in total. The number of aryl methyl sites for hydroxylation is 3. The van der Waals surface area contributed by atoms with Crippen LogP contribution in [0.25, 0.3) is 10.9 Å². The summed E-state index contributed by atoms with van der Waals surface area (Å²) in [5.74, 6) is 0. The van der Waals surface area contributed by atoms with Crippen molar-refractivity contribution in [3.8, 4) is 0 Å². The number of fused-ring (bicyclic) bond motifs is 3. The summed E-state index contributed by atoms with van der Waals surface area (Å²) in [6.45, 7) is 7.98. The van der Waals surface area contributed by atoms with Crippen LogP contribution in [-0.2, 0) is 19.4 Å². The van der Waals surface area contributed by atoms with E-state index in [0.29, 0.717) is 12.1 Å². The molecular formula is C23H28N2. The summed E-state index contributed by atoms with van der Waals surface area (Å²) in [5, 5.41) is 1.44. The van der Waals surface area contributed by atoms with Gasteiger partial charge in [-0.15, -0.1) is 0 Å². The maximum atomic E-state index is 2.59. The van der Waals surface area contributed by atoms with Crippen LogP contribution in [0, 0.1) is 6.92 Å². The third-order valence-electron chi connectivity index (χ3n) is 6.20. The van der Waals surface area contributed by atoms with E-state index in [4.69, 9.17) is 0 Å². The van der Waals surface area contributed by atoms with Crippen LogP contribution in [0.3, 0.4) is 0 Å². The molecular weight excluding hydrogens is 304 g/mol. The second-order valence-electron chi connectivity index (χ2n) is 7.60. The summed E-state index contributed by atoms with van der Waals surface area (Å²) in [5.41, 5.74) is 7.35. The van der Waals surface area contributed by atoms with Crippen molar-refractivity contribution in [2.45, 2.75) is 52.2 Å². The van der Waals surface area contributed by atoms with Crippen molar-refractivity contribution in [2.24, 2.45) is 0 Å². The number of rotatable bonds is 3. The van der Waals surface area contributed by atoms with Crippen LogP contribution in [0.1, 0.15) is 42.3 Å². The summed E-state index contributed by atoms with van der Waals surface area (Å²) in [6, 6.07) is 18.8. The highest BCUT2D eigenvalue weighted by molar-refractivity contribution is 5.86. The Kier molecular flexibility index (Phi) is 4.16. The molecule has 2 atom stereocenters. The van der Waals surface area contributed by atoms with Crippen molar-refractivity contribution < 1.29 is 0 Å². The highest BCUT2D eigenvalue weighted by atomic mass is 15.2. The van der Waals surface area contributed by atoms with E-state index in [9.17, 15) is 0 Å². The molecule has 1 aromatic heterocycles. The highest BCUT2D eigenvalue weighted by Gasteiger charge is 2.31. The molecule has 2 aromatic carbocycles. The number of aromatic nitrogens is 1. The van der Waals surface area contributed by atoms with E-state index >= 15 is 0 Å². The van der Waals surface area contributed by atoms with Gasteiger partial charge in [0.05, 0.1) is 0 Å². The molecule has 0 aliphatic carbocycles. The minimum Gasteiger partial charge on any atom is -0.344 e. The zero-order valence-electron chi connectivity index (χ0n) is 15.8. The van der Waals surface area contributed by atoms with Gasteiger partial charge in [0, 0.05) is 41.6 Å². The van der Waals surface area contributed by atoms with Gasteiger partial charge in [-0.3, -0.25) is 4.90 Å². The van der Waals surface area contributed by atoms with Crippen molar-refractivity contribution in [1.29, 1.82) is 0 Å². The van der Waals surface area contributed by atoms with Crippen LogP contribution in [0.5, 0.6) is 0 Å². The molecule has 1 aliphatic heterocycles. The molecule has 0 amide bonds. The van der Waals surface area contributed by atoms with Crippen LogP contribution in [0.4, 0.5) is 0 Å². The standard InChI is InChI=1S/C23H28N2/c1-16-9-5-6-10-19(16)13-14-25-21-12-8-7-11-20(21)23-18(3)24(4)17(2)15-22(23)25/h5-12,17-18H,13-15H2,1-4H3. The average Bonchev–Trinajstić information content (AvgIpc) is 2.92. The Morgan fingerprint density at radius 2 is 1.72 bits per heavy atom. The van der Waals surface area contributed by atoms with Crippen molar-refractivity contribution in [2.75, 3.05) is 7.05 Å². The van der Waals surface area contributed by atoms with E-state index in [1.165, 1.54) is 22.0 Å². The summed E-state index contributed by atoms with van der Waals surface area (Å²) < 4.78 is 2.59. The van der Waals surface area contributed by atoms with Crippen LogP contribution in [0.2, 0.25) is 0 Å². The van der Waals surface area contributed by atoms with Crippen LogP contribution in [0.15, 0.2) is 48.5 Å². The predicted molar refractivity (Wildman–Crippen MR) is 106 cm³/mol. The second kappa shape index (κ2) is 6.34. The number of benzene rings is 2. The highest BCUT2D eigenvalue weighted by Crippen LogP contribution is 2.39. The molecule has 0 saturated carbocycles. The topological polar surface area (TPSA) is 8.17 Å². The second-order valence-corrected chi connectivity index (χ2v) is 7.60.